The van der Waals surface area contributed by atoms with Gasteiger partial charge in [-0.3, -0.25) is 9.59 Å². The van der Waals surface area contributed by atoms with Gasteiger partial charge in [0.1, 0.15) is 0 Å². The molecule has 6 heteroatoms. The van der Waals surface area contributed by atoms with Gasteiger partial charge in [-0.25, -0.2) is 0 Å². The first-order chi connectivity index (χ1) is 12.4. The average Bonchev–Trinajstić information content (AvgIpc) is 2.64. The fourth-order valence-corrected chi connectivity index (χ4v) is 2.35. The fraction of sp³-hybridized carbons (Fsp3) is 0.300. The van der Waals surface area contributed by atoms with Crippen LogP contribution in [-0.4, -0.2) is 31.8 Å². The summed E-state index contributed by atoms with van der Waals surface area (Å²) in [6, 6.07) is 14.1. The molecular weight excluding hydrogens is 328 g/mol. The van der Waals surface area contributed by atoms with E-state index in [0.717, 1.165) is 11.4 Å². The Bertz CT molecular complexity index is 780. The van der Waals surface area contributed by atoms with Crippen LogP contribution in [0.15, 0.2) is 58.8 Å². The number of anilines is 1. The molecule has 1 unspecified atom stereocenters. The van der Waals surface area contributed by atoms with E-state index < -0.39 is 6.04 Å². The van der Waals surface area contributed by atoms with Crippen LogP contribution in [0.3, 0.4) is 0 Å². The van der Waals surface area contributed by atoms with Crippen molar-refractivity contribution in [3.8, 4) is 0 Å². The molecule has 1 atom stereocenters. The molecule has 1 N–H and O–H groups in total. The van der Waals surface area contributed by atoms with Gasteiger partial charge in [-0.05, 0) is 61.9 Å². The summed E-state index contributed by atoms with van der Waals surface area (Å²) in [5, 5.41) is 11.1. The summed E-state index contributed by atoms with van der Waals surface area (Å²) in [6.45, 7) is 3.34. The molecule has 6 nitrogen and oxygen atoms in total. The summed E-state index contributed by atoms with van der Waals surface area (Å²) in [4.78, 5) is 25.6. The molecule has 1 amide bonds. The van der Waals surface area contributed by atoms with Crippen molar-refractivity contribution >= 4 is 28.8 Å². The molecule has 0 aromatic heterocycles. The van der Waals surface area contributed by atoms with Gasteiger partial charge >= 0.3 is 0 Å². The Kier molecular flexibility index (Phi) is 6.60. The monoisotopic (exact) mass is 352 g/mol. The number of azo groups is 1. The molecule has 2 aromatic carbocycles. The molecule has 136 valence electrons. The molecule has 0 saturated heterocycles. The third kappa shape index (κ3) is 5.24. The van der Waals surface area contributed by atoms with Crippen LogP contribution < -0.4 is 10.2 Å². The van der Waals surface area contributed by atoms with Gasteiger partial charge in [0.2, 0.25) is 0 Å². The van der Waals surface area contributed by atoms with E-state index in [9.17, 15) is 9.59 Å². The van der Waals surface area contributed by atoms with Crippen molar-refractivity contribution in [1.82, 2.24) is 5.32 Å². The van der Waals surface area contributed by atoms with Crippen molar-refractivity contribution in [3.05, 3.63) is 54.1 Å². The van der Waals surface area contributed by atoms with E-state index in [1.165, 1.54) is 6.92 Å². The van der Waals surface area contributed by atoms with Crippen LogP contribution in [0.25, 0.3) is 0 Å². The van der Waals surface area contributed by atoms with Crippen LogP contribution in [-0.2, 0) is 4.79 Å². The minimum atomic E-state index is -0.452. The molecule has 0 saturated carbocycles. The molecule has 0 bridgehead atoms. The van der Waals surface area contributed by atoms with Crippen LogP contribution in [0.1, 0.15) is 30.6 Å². The average molecular weight is 352 g/mol. The van der Waals surface area contributed by atoms with Gasteiger partial charge in [-0.15, -0.1) is 0 Å². The predicted molar refractivity (Wildman–Crippen MR) is 104 cm³/mol. The minimum Gasteiger partial charge on any atom is -0.378 e. The number of hydrogen-bond donors (Lipinski definition) is 1. The minimum absolute atomic E-state index is 0.0495. The lowest BCUT2D eigenvalue weighted by atomic mass is 10.1. The normalized spacial score (nSPS) is 12.0. The highest BCUT2D eigenvalue weighted by Gasteiger charge is 2.15. The summed E-state index contributed by atoms with van der Waals surface area (Å²) >= 11 is 0. The number of carbonyl (C=O) groups is 2. The van der Waals surface area contributed by atoms with Crippen molar-refractivity contribution < 1.29 is 9.59 Å². The predicted octanol–water partition coefficient (Wildman–Crippen LogP) is 4.27. The summed E-state index contributed by atoms with van der Waals surface area (Å²) in [5.41, 5.74) is 2.98. The van der Waals surface area contributed by atoms with Gasteiger partial charge < -0.3 is 10.2 Å². The zero-order chi connectivity index (χ0) is 19.1. The quantitative estimate of drug-likeness (QED) is 0.756. The molecule has 0 spiro atoms. The first-order valence-electron chi connectivity index (χ1n) is 8.51. The summed E-state index contributed by atoms with van der Waals surface area (Å²) in [7, 11) is 3.96. The number of nitrogens with one attached hydrogen (secondary N) is 1. The number of hydrogen-bond acceptors (Lipinski definition) is 5. The first kappa shape index (κ1) is 19.3. The molecule has 0 aliphatic carbocycles. The summed E-state index contributed by atoms with van der Waals surface area (Å²) < 4.78 is 0. The number of Topliss-reactive ketones (excluding diaryl/α,β-unsaturated/α-hetero) is 1. The van der Waals surface area contributed by atoms with Crippen molar-refractivity contribution in [3.63, 3.8) is 0 Å². The van der Waals surface area contributed by atoms with E-state index in [-0.39, 0.29) is 11.7 Å². The zero-order valence-corrected chi connectivity index (χ0v) is 15.6. The second-order valence-electron chi connectivity index (χ2n) is 6.20. The molecular formula is C20H24N4O2. The van der Waals surface area contributed by atoms with Crippen LogP contribution in [0.2, 0.25) is 0 Å². The van der Waals surface area contributed by atoms with Gasteiger partial charge in [0.05, 0.1) is 17.4 Å². The lowest BCUT2D eigenvalue weighted by Crippen LogP contribution is -2.39. The van der Waals surface area contributed by atoms with Gasteiger partial charge in [0.15, 0.2) is 5.78 Å². The van der Waals surface area contributed by atoms with E-state index in [4.69, 9.17) is 0 Å². The van der Waals surface area contributed by atoms with Crippen molar-refractivity contribution in [1.29, 1.82) is 0 Å². The maximum atomic E-state index is 12.2. The Morgan fingerprint density at radius 3 is 1.88 bits per heavy atom. The first-order valence-corrected chi connectivity index (χ1v) is 8.51. The molecule has 0 fully saturated rings. The Morgan fingerprint density at radius 1 is 0.962 bits per heavy atom. The Balaban J connectivity index is 2.02. The lowest BCUT2D eigenvalue weighted by molar-refractivity contribution is -0.118. The van der Waals surface area contributed by atoms with E-state index in [1.54, 1.807) is 24.3 Å². The molecule has 0 radical (unpaired) electrons. The number of ketones is 1. The summed E-state index contributed by atoms with van der Waals surface area (Å²) in [6.07, 6.45) is 0.569. The second kappa shape index (κ2) is 8.89. The highest BCUT2D eigenvalue weighted by Crippen LogP contribution is 2.21. The van der Waals surface area contributed by atoms with E-state index >= 15 is 0 Å². The van der Waals surface area contributed by atoms with Crippen molar-refractivity contribution in [2.75, 3.05) is 19.0 Å². The van der Waals surface area contributed by atoms with Gasteiger partial charge in [-0.1, -0.05) is 6.92 Å². The zero-order valence-electron chi connectivity index (χ0n) is 15.6. The number of carbonyl (C=O) groups excluding carboxylic acids is 2. The van der Waals surface area contributed by atoms with Crippen LogP contribution >= 0.6 is 0 Å². The Morgan fingerprint density at radius 2 is 1.46 bits per heavy atom. The number of rotatable bonds is 7. The van der Waals surface area contributed by atoms with Crippen LogP contribution in [0.5, 0.6) is 0 Å². The number of benzene rings is 2. The topological polar surface area (TPSA) is 74.1 Å². The van der Waals surface area contributed by atoms with Gasteiger partial charge in [0, 0.05) is 25.3 Å². The largest absolute Gasteiger partial charge is 0.378 e. The van der Waals surface area contributed by atoms with Crippen LogP contribution in [0.4, 0.5) is 17.1 Å². The molecule has 0 heterocycles. The number of amides is 1. The second-order valence-corrected chi connectivity index (χ2v) is 6.20. The smallest absolute Gasteiger partial charge is 0.251 e. The highest BCUT2D eigenvalue weighted by molar-refractivity contribution is 5.97. The maximum Gasteiger partial charge on any atom is 0.251 e. The summed E-state index contributed by atoms with van der Waals surface area (Å²) in [5.74, 6) is -0.318. The van der Waals surface area contributed by atoms with Crippen LogP contribution in [0, 0.1) is 0 Å². The Labute approximate surface area is 153 Å². The SMILES string of the molecule is CCC(NC(=O)c1ccc(/N=N/c2ccc(N(C)C)cc2)cc1)C(C)=O. The number of nitrogens with zero attached hydrogens (tertiary/aromatic N) is 3. The highest BCUT2D eigenvalue weighted by atomic mass is 16.2. The van der Waals surface area contributed by atoms with Gasteiger partial charge in [-0.2, -0.15) is 10.2 Å². The standard InChI is InChI=1S/C20H24N4O2/c1-5-19(14(2)25)21-20(26)15-6-8-16(9-7-15)22-23-17-10-12-18(13-11-17)24(3)4/h6-13,19H,5H2,1-4H3,(H,21,26)/b23-22+. The van der Waals surface area contributed by atoms with E-state index in [2.05, 4.69) is 15.5 Å². The maximum absolute atomic E-state index is 12.2. The van der Waals surface area contributed by atoms with Crippen molar-refractivity contribution in [2.45, 2.75) is 26.3 Å². The molecule has 0 aliphatic rings. The molecule has 26 heavy (non-hydrogen) atoms. The molecule has 2 rings (SSSR count). The third-order valence-corrected chi connectivity index (χ3v) is 3.98. The van der Waals surface area contributed by atoms with E-state index in [1.807, 2.05) is 50.2 Å². The van der Waals surface area contributed by atoms with Crippen molar-refractivity contribution in [2.24, 2.45) is 10.2 Å². The van der Waals surface area contributed by atoms with E-state index in [0.29, 0.717) is 17.7 Å². The molecule has 2 aromatic rings. The third-order valence-electron chi connectivity index (χ3n) is 3.98. The lowest BCUT2D eigenvalue weighted by Gasteiger charge is -2.13. The van der Waals surface area contributed by atoms with Gasteiger partial charge in [0.25, 0.3) is 5.91 Å². The molecule has 0 aliphatic heterocycles. The fourth-order valence-electron chi connectivity index (χ4n) is 2.35. The Hall–Kier alpha value is -3.02.